The molecule has 5 nitrogen and oxygen atoms in total. The molecule has 0 rings (SSSR count). The fraction of sp³-hybridized carbons (Fsp3) is 0.800. The molecule has 88 valence electrons. The minimum Gasteiger partial charge on any atom is -0.463 e. The molecule has 0 heterocycles. The molecule has 0 aromatic heterocycles. The minimum atomic E-state index is -1.62. The molecule has 15 heavy (non-hydrogen) atoms. The van der Waals surface area contributed by atoms with Gasteiger partial charge in [-0.3, -0.25) is 0 Å². The molecule has 0 aromatic carbocycles. The SMILES string of the molecule is CCOC(=O)C(CC)(OC)C(=O)OCC. The van der Waals surface area contributed by atoms with E-state index in [1.807, 2.05) is 0 Å². The lowest BCUT2D eigenvalue weighted by molar-refractivity contribution is -0.187. The van der Waals surface area contributed by atoms with Gasteiger partial charge in [0.25, 0.3) is 5.60 Å². The van der Waals surface area contributed by atoms with Crippen LogP contribution >= 0.6 is 0 Å². The molecule has 0 aliphatic rings. The van der Waals surface area contributed by atoms with E-state index in [1.54, 1.807) is 20.8 Å². The van der Waals surface area contributed by atoms with Gasteiger partial charge in [-0.15, -0.1) is 0 Å². The van der Waals surface area contributed by atoms with Gasteiger partial charge in [0.15, 0.2) is 0 Å². The first-order valence-corrected chi connectivity index (χ1v) is 4.98. The van der Waals surface area contributed by atoms with Crippen LogP contribution in [0.2, 0.25) is 0 Å². The molecule has 0 aliphatic carbocycles. The van der Waals surface area contributed by atoms with Crippen molar-refractivity contribution in [3.63, 3.8) is 0 Å². The molecule has 0 amide bonds. The summed E-state index contributed by atoms with van der Waals surface area (Å²) in [6, 6.07) is 0. The smallest absolute Gasteiger partial charge is 0.350 e. The zero-order valence-corrected chi connectivity index (χ0v) is 9.66. The Balaban J connectivity index is 4.86. The number of carbonyl (C=O) groups excluding carboxylic acids is 2. The van der Waals surface area contributed by atoms with E-state index in [0.717, 1.165) is 0 Å². The second-order valence-electron chi connectivity index (χ2n) is 2.83. The molecule has 0 radical (unpaired) electrons. The van der Waals surface area contributed by atoms with Crippen molar-refractivity contribution >= 4 is 11.9 Å². The van der Waals surface area contributed by atoms with Gasteiger partial charge in [-0.25, -0.2) is 9.59 Å². The molecule has 0 saturated carbocycles. The van der Waals surface area contributed by atoms with Gasteiger partial charge in [0.05, 0.1) is 13.2 Å². The Bertz CT molecular complexity index is 200. The van der Waals surface area contributed by atoms with Crippen molar-refractivity contribution in [2.45, 2.75) is 32.8 Å². The summed E-state index contributed by atoms with van der Waals surface area (Å²) in [5.41, 5.74) is -1.62. The van der Waals surface area contributed by atoms with Crippen LogP contribution in [0.15, 0.2) is 0 Å². The third-order valence-electron chi connectivity index (χ3n) is 2.06. The van der Waals surface area contributed by atoms with Crippen molar-refractivity contribution in [2.24, 2.45) is 0 Å². The Labute approximate surface area is 89.7 Å². The molecule has 0 N–H and O–H groups in total. The molecule has 0 unspecified atom stereocenters. The Morgan fingerprint density at radius 2 is 1.40 bits per heavy atom. The van der Waals surface area contributed by atoms with E-state index < -0.39 is 17.5 Å². The van der Waals surface area contributed by atoms with Crippen molar-refractivity contribution in [2.75, 3.05) is 20.3 Å². The molecule has 0 aliphatic heterocycles. The second kappa shape index (κ2) is 6.40. The Morgan fingerprint density at radius 1 is 1.00 bits per heavy atom. The van der Waals surface area contributed by atoms with Crippen LogP contribution in [0.5, 0.6) is 0 Å². The number of methoxy groups -OCH3 is 1. The van der Waals surface area contributed by atoms with Gasteiger partial charge in [-0.05, 0) is 20.3 Å². The molecular weight excluding hydrogens is 200 g/mol. The third kappa shape index (κ3) is 2.92. The topological polar surface area (TPSA) is 61.8 Å². The first-order valence-electron chi connectivity index (χ1n) is 4.98. The van der Waals surface area contributed by atoms with E-state index in [2.05, 4.69) is 0 Å². The lowest BCUT2D eigenvalue weighted by atomic mass is 10.0. The summed E-state index contributed by atoms with van der Waals surface area (Å²) in [5, 5.41) is 0. The third-order valence-corrected chi connectivity index (χ3v) is 2.06. The summed E-state index contributed by atoms with van der Waals surface area (Å²) in [5.74, 6) is -1.40. The van der Waals surface area contributed by atoms with E-state index in [0.29, 0.717) is 0 Å². The lowest BCUT2D eigenvalue weighted by Crippen LogP contribution is -2.50. The summed E-state index contributed by atoms with van der Waals surface area (Å²) >= 11 is 0. The molecule has 0 fully saturated rings. The first-order chi connectivity index (χ1) is 7.08. The largest absolute Gasteiger partial charge is 0.463 e. The van der Waals surface area contributed by atoms with Crippen molar-refractivity contribution in [3.8, 4) is 0 Å². The van der Waals surface area contributed by atoms with Gasteiger partial charge in [0.2, 0.25) is 0 Å². The van der Waals surface area contributed by atoms with Crippen LogP contribution < -0.4 is 0 Å². The summed E-state index contributed by atoms with van der Waals surface area (Å²) in [6.07, 6.45) is 0.182. The highest BCUT2D eigenvalue weighted by molar-refractivity contribution is 6.03. The summed E-state index contributed by atoms with van der Waals surface area (Å²) < 4.78 is 14.6. The van der Waals surface area contributed by atoms with Gasteiger partial charge in [0.1, 0.15) is 0 Å². The first kappa shape index (κ1) is 13.9. The highest BCUT2D eigenvalue weighted by atomic mass is 16.6. The van der Waals surface area contributed by atoms with Gasteiger partial charge in [0, 0.05) is 7.11 Å². The van der Waals surface area contributed by atoms with E-state index in [-0.39, 0.29) is 19.6 Å². The number of carbonyl (C=O) groups is 2. The number of rotatable bonds is 6. The van der Waals surface area contributed by atoms with Gasteiger partial charge >= 0.3 is 11.9 Å². The van der Waals surface area contributed by atoms with Crippen LogP contribution in [-0.4, -0.2) is 37.9 Å². The predicted molar refractivity (Wildman–Crippen MR) is 53.3 cm³/mol. The van der Waals surface area contributed by atoms with Crippen molar-refractivity contribution in [1.82, 2.24) is 0 Å². The number of ether oxygens (including phenoxy) is 3. The summed E-state index contributed by atoms with van der Waals surface area (Å²) in [7, 11) is 1.29. The summed E-state index contributed by atoms with van der Waals surface area (Å²) in [4.78, 5) is 23.2. The molecule has 0 aromatic rings. The maximum Gasteiger partial charge on any atom is 0.350 e. The van der Waals surface area contributed by atoms with Crippen LogP contribution in [0.4, 0.5) is 0 Å². The standard InChI is InChI=1S/C10H18O5/c1-5-10(13-4,8(11)14-6-2)9(12)15-7-3/h5-7H2,1-4H3. The maximum absolute atomic E-state index is 11.6. The Hall–Kier alpha value is -1.10. The fourth-order valence-electron chi connectivity index (χ4n) is 1.18. The molecule has 0 bridgehead atoms. The van der Waals surface area contributed by atoms with Gasteiger partial charge < -0.3 is 14.2 Å². The minimum absolute atomic E-state index is 0.182. The van der Waals surface area contributed by atoms with E-state index in [4.69, 9.17) is 14.2 Å². The van der Waals surface area contributed by atoms with Gasteiger partial charge in [-0.2, -0.15) is 0 Å². The second-order valence-corrected chi connectivity index (χ2v) is 2.83. The van der Waals surface area contributed by atoms with Crippen LogP contribution in [0.3, 0.4) is 0 Å². The van der Waals surface area contributed by atoms with Crippen molar-refractivity contribution in [3.05, 3.63) is 0 Å². The van der Waals surface area contributed by atoms with Crippen LogP contribution in [0.1, 0.15) is 27.2 Å². The highest BCUT2D eigenvalue weighted by Crippen LogP contribution is 2.19. The van der Waals surface area contributed by atoms with Crippen LogP contribution in [0, 0.1) is 0 Å². The molecular formula is C10H18O5. The monoisotopic (exact) mass is 218 g/mol. The molecule has 0 saturated heterocycles. The van der Waals surface area contributed by atoms with Gasteiger partial charge in [-0.1, -0.05) is 6.92 Å². The average Bonchev–Trinajstić information content (AvgIpc) is 2.21. The predicted octanol–water partition coefficient (Wildman–Crippen LogP) is 0.908. The van der Waals surface area contributed by atoms with E-state index in [1.165, 1.54) is 7.11 Å². The van der Waals surface area contributed by atoms with E-state index >= 15 is 0 Å². The highest BCUT2D eigenvalue weighted by Gasteiger charge is 2.48. The normalized spacial score (nSPS) is 10.9. The van der Waals surface area contributed by atoms with Crippen LogP contribution in [-0.2, 0) is 23.8 Å². The number of hydrogen-bond acceptors (Lipinski definition) is 5. The number of esters is 2. The quantitative estimate of drug-likeness (QED) is 0.490. The van der Waals surface area contributed by atoms with Crippen molar-refractivity contribution < 1.29 is 23.8 Å². The Kier molecular flexibility index (Phi) is 5.93. The fourth-order valence-corrected chi connectivity index (χ4v) is 1.18. The van der Waals surface area contributed by atoms with Crippen LogP contribution in [0.25, 0.3) is 0 Å². The lowest BCUT2D eigenvalue weighted by Gasteiger charge is -2.25. The average molecular weight is 218 g/mol. The number of hydrogen-bond donors (Lipinski definition) is 0. The maximum atomic E-state index is 11.6. The van der Waals surface area contributed by atoms with Crippen molar-refractivity contribution in [1.29, 1.82) is 0 Å². The molecule has 0 spiro atoms. The Morgan fingerprint density at radius 3 is 1.60 bits per heavy atom. The zero-order chi connectivity index (χ0) is 11.9. The zero-order valence-electron chi connectivity index (χ0n) is 9.66. The van der Waals surface area contributed by atoms with E-state index in [9.17, 15) is 9.59 Å². The molecule has 0 atom stereocenters. The summed E-state index contributed by atoms with van der Waals surface area (Å²) in [6.45, 7) is 5.39. The molecule has 5 heteroatoms.